The Morgan fingerprint density at radius 3 is 2.00 bits per heavy atom. The van der Waals surface area contributed by atoms with Crippen molar-refractivity contribution in [3.8, 4) is 0 Å². The molecule has 2 heteroatoms. The van der Waals surface area contributed by atoms with Gasteiger partial charge in [0.05, 0.1) is 0 Å². The first kappa shape index (κ1) is 11.7. The number of rotatable bonds is 3. The third-order valence-electron chi connectivity index (χ3n) is 1.07. The van der Waals surface area contributed by atoms with Gasteiger partial charge >= 0.3 is 29.6 Å². The van der Waals surface area contributed by atoms with Gasteiger partial charge in [0.2, 0.25) is 0 Å². The summed E-state index contributed by atoms with van der Waals surface area (Å²) < 4.78 is 0. The van der Waals surface area contributed by atoms with E-state index >= 15 is 0 Å². The van der Waals surface area contributed by atoms with Crippen molar-refractivity contribution in [3.05, 3.63) is 0 Å². The molecule has 0 aromatic heterocycles. The second-order valence-corrected chi connectivity index (χ2v) is 1.82. The normalized spacial score (nSPS) is 12.4. The fraction of sp³-hybridized carbons (Fsp3) is 1.00. The average molecular weight is 124 g/mol. The van der Waals surface area contributed by atoms with Crippen LogP contribution in [0.25, 0.3) is 0 Å². The predicted molar refractivity (Wildman–Crippen MR) is 29.0 cm³/mol. The SMILES string of the molecule is CCCC([O-])CC.[Na+]. The minimum absolute atomic E-state index is 0. The van der Waals surface area contributed by atoms with E-state index in [4.69, 9.17) is 0 Å². The maximum atomic E-state index is 10.5. The van der Waals surface area contributed by atoms with Gasteiger partial charge in [-0.2, -0.15) is 0 Å². The van der Waals surface area contributed by atoms with Gasteiger partial charge in [-0.3, -0.25) is 0 Å². The van der Waals surface area contributed by atoms with Crippen LogP contribution in [-0.4, -0.2) is 6.10 Å². The molecule has 0 aromatic rings. The molecule has 0 N–H and O–H groups in total. The first-order valence-electron chi connectivity index (χ1n) is 2.97. The van der Waals surface area contributed by atoms with Gasteiger partial charge in [0.1, 0.15) is 0 Å². The summed E-state index contributed by atoms with van der Waals surface area (Å²) in [6.45, 7) is 3.98. The Labute approximate surface area is 73.8 Å². The Kier molecular flexibility index (Phi) is 11.7. The van der Waals surface area contributed by atoms with Gasteiger partial charge in [0, 0.05) is 0 Å². The molecule has 0 rings (SSSR count). The van der Waals surface area contributed by atoms with Crippen molar-refractivity contribution in [2.45, 2.75) is 39.2 Å². The molecule has 0 aliphatic heterocycles. The Bertz CT molecular complexity index is 39.5. The molecular formula is C6H13NaO. The molecule has 44 valence electrons. The van der Waals surface area contributed by atoms with Crippen molar-refractivity contribution >= 4 is 0 Å². The van der Waals surface area contributed by atoms with Gasteiger partial charge in [0.15, 0.2) is 0 Å². The largest absolute Gasteiger partial charge is 1.00 e. The van der Waals surface area contributed by atoms with E-state index in [1.54, 1.807) is 0 Å². The first-order valence-corrected chi connectivity index (χ1v) is 2.97. The maximum absolute atomic E-state index is 10.5. The zero-order valence-corrected chi connectivity index (χ0v) is 8.11. The van der Waals surface area contributed by atoms with Crippen LogP contribution in [0.1, 0.15) is 33.1 Å². The smallest absolute Gasteiger partial charge is 0.852 e. The third-order valence-corrected chi connectivity index (χ3v) is 1.07. The van der Waals surface area contributed by atoms with E-state index in [9.17, 15) is 5.11 Å². The standard InChI is InChI=1S/C6H13O.Na/c1-3-5-6(7)4-2;/h6H,3-5H2,1-2H3;/q-1;+1. The Morgan fingerprint density at radius 2 is 1.88 bits per heavy atom. The van der Waals surface area contributed by atoms with Gasteiger partial charge in [0.25, 0.3) is 0 Å². The summed E-state index contributed by atoms with van der Waals surface area (Å²) >= 11 is 0. The van der Waals surface area contributed by atoms with Crippen LogP contribution >= 0.6 is 0 Å². The molecule has 1 atom stereocenters. The van der Waals surface area contributed by atoms with Crippen molar-refractivity contribution < 1.29 is 34.7 Å². The summed E-state index contributed by atoms with van der Waals surface area (Å²) in [6, 6.07) is 0. The monoisotopic (exact) mass is 124 g/mol. The molecule has 1 unspecified atom stereocenters. The van der Waals surface area contributed by atoms with Crippen molar-refractivity contribution in [1.82, 2.24) is 0 Å². The topological polar surface area (TPSA) is 23.1 Å². The van der Waals surface area contributed by atoms with Crippen LogP contribution in [0.15, 0.2) is 0 Å². The Hall–Kier alpha value is 0.960. The van der Waals surface area contributed by atoms with E-state index in [1.807, 2.05) is 13.8 Å². The van der Waals surface area contributed by atoms with Crippen LogP contribution < -0.4 is 34.7 Å². The summed E-state index contributed by atoms with van der Waals surface area (Å²) in [5.74, 6) is 0. The van der Waals surface area contributed by atoms with Crippen molar-refractivity contribution in [2.24, 2.45) is 0 Å². The molecule has 0 saturated heterocycles. The molecular weight excluding hydrogens is 111 g/mol. The fourth-order valence-electron chi connectivity index (χ4n) is 0.526. The molecule has 8 heavy (non-hydrogen) atoms. The van der Waals surface area contributed by atoms with Crippen molar-refractivity contribution in [1.29, 1.82) is 0 Å². The molecule has 0 fully saturated rings. The van der Waals surface area contributed by atoms with Gasteiger partial charge in [-0.05, 0) is 0 Å². The van der Waals surface area contributed by atoms with E-state index < -0.39 is 0 Å². The minimum atomic E-state index is -0.301. The summed E-state index contributed by atoms with van der Waals surface area (Å²) in [6.07, 6.45) is 2.36. The van der Waals surface area contributed by atoms with Crippen molar-refractivity contribution in [3.63, 3.8) is 0 Å². The molecule has 0 aliphatic carbocycles. The van der Waals surface area contributed by atoms with Gasteiger partial charge in [-0.1, -0.05) is 33.1 Å². The minimum Gasteiger partial charge on any atom is -0.852 e. The Morgan fingerprint density at radius 1 is 1.38 bits per heavy atom. The average Bonchev–Trinajstić information content (AvgIpc) is 1.68. The zero-order chi connectivity index (χ0) is 5.70. The zero-order valence-electron chi connectivity index (χ0n) is 6.11. The molecule has 0 radical (unpaired) electrons. The summed E-state index contributed by atoms with van der Waals surface area (Å²) in [5.41, 5.74) is 0. The maximum Gasteiger partial charge on any atom is 1.00 e. The summed E-state index contributed by atoms with van der Waals surface area (Å²) in [5, 5.41) is 10.5. The van der Waals surface area contributed by atoms with E-state index in [2.05, 4.69) is 0 Å². The molecule has 0 heterocycles. The van der Waals surface area contributed by atoms with Crippen LogP contribution in [0.2, 0.25) is 0 Å². The van der Waals surface area contributed by atoms with Crippen LogP contribution in [0.3, 0.4) is 0 Å². The number of hydrogen-bond acceptors (Lipinski definition) is 1. The number of hydrogen-bond donors (Lipinski definition) is 0. The summed E-state index contributed by atoms with van der Waals surface area (Å²) in [7, 11) is 0. The van der Waals surface area contributed by atoms with E-state index in [-0.39, 0.29) is 35.7 Å². The molecule has 0 spiro atoms. The molecule has 0 aromatic carbocycles. The van der Waals surface area contributed by atoms with Gasteiger partial charge in [-0.25, -0.2) is 0 Å². The first-order chi connectivity index (χ1) is 3.31. The van der Waals surface area contributed by atoms with Crippen molar-refractivity contribution in [2.75, 3.05) is 0 Å². The molecule has 0 amide bonds. The molecule has 1 nitrogen and oxygen atoms in total. The second-order valence-electron chi connectivity index (χ2n) is 1.82. The van der Waals surface area contributed by atoms with Crippen LogP contribution in [-0.2, 0) is 0 Å². The predicted octanol–water partition coefficient (Wildman–Crippen LogP) is -2.07. The molecule has 0 saturated carbocycles. The Balaban J connectivity index is 0. The van der Waals surface area contributed by atoms with Crippen LogP contribution in [0.5, 0.6) is 0 Å². The quantitative estimate of drug-likeness (QED) is 0.396. The van der Waals surface area contributed by atoms with Crippen LogP contribution in [0, 0.1) is 0 Å². The van der Waals surface area contributed by atoms with E-state index in [0.29, 0.717) is 0 Å². The van der Waals surface area contributed by atoms with E-state index in [1.165, 1.54) is 0 Å². The van der Waals surface area contributed by atoms with E-state index in [0.717, 1.165) is 19.3 Å². The fourth-order valence-corrected chi connectivity index (χ4v) is 0.526. The molecule has 0 aliphatic rings. The van der Waals surface area contributed by atoms with Gasteiger partial charge < -0.3 is 5.11 Å². The third kappa shape index (κ3) is 6.96. The van der Waals surface area contributed by atoms with Gasteiger partial charge in [-0.15, -0.1) is 6.10 Å². The summed E-state index contributed by atoms with van der Waals surface area (Å²) in [4.78, 5) is 0. The molecule has 0 bridgehead atoms. The van der Waals surface area contributed by atoms with Crippen LogP contribution in [0.4, 0.5) is 0 Å². The second kappa shape index (κ2) is 7.96.